The summed E-state index contributed by atoms with van der Waals surface area (Å²) in [4.78, 5) is 22.6. The number of carbonyl (C=O) groups is 2. The van der Waals surface area contributed by atoms with Gasteiger partial charge in [-0.1, -0.05) is 0 Å². The first-order valence-corrected chi connectivity index (χ1v) is 6.09. The van der Waals surface area contributed by atoms with E-state index in [-0.39, 0.29) is 11.9 Å². The monoisotopic (exact) mass is 246 g/mol. The van der Waals surface area contributed by atoms with E-state index in [0.717, 1.165) is 0 Å². The van der Waals surface area contributed by atoms with Crippen molar-refractivity contribution in [2.45, 2.75) is 46.1 Å². The third kappa shape index (κ3) is 7.74. The predicted octanol–water partition coefficient (Wildman–Crippen LogP) is 1.69. The molecular formula is C12H22O5. The van der Waals surface area contributed by atoms with E-state index in [9.17, 15) is 9.59 Å². The summed E-state index contributed by atoms with van der Waals surface area (Å²) in [6.07, 6.45) is 0.763. The SMILES string of the molecule is CCOC(=O)CCCC(OCC)C(=O)OCC. The van der Waals surface area contributed by atoms with E-state index in [4.69, 9.17) is 14.2 Å². The van der Waals surface area contributed by atoms with Crippen LogP contribution in [-0.4, -0.2) is 37.9 Å². The molecule has 0 rings (SSSR count). The van der Waals surface area contributed by atoms with E-state index < -0.39 is 6.10 Å². The number of hydrogen-bond acceptors (Lipinski definition) is 5. The van der Waals surface area contributed by atoms with Crippen molar-refractivity contribution in [3.05, 3.63) is 0 Å². The molecule has 0 aromatic carbocycles. The van der Waals surface area contributed by atoms with Crippen LogP contribution in [0, 0.1) is 0 Å². The molecule has 0 aromatic rings. The first-order chi connectivity index (χ1) is 8.15. The molecule has 5 nitrogen and oxygen atoms in total. The van der Waals surface area contributed by atoms with E-state index in [1.807, 2.05) is 6.92 Å². The van der Waals surface area contributed by atoms with Gasteiger partial charge in [-0.2, -0.15) is 0 Å². The van der Waals surface area contributed by atoms with E-state index >= 15 is 0 Å². The van der Waals surface area contributed by atoms with Crippen molar-refractivity contribution in [3.8, 4) is 0 Å². The first-order valence-electron chi connectivity index (χ1n) is 6.09. The minimum Gasteiger partial charge on any atom is -0.466 e. The van der Waals surface area contributed by atoms with Crippen molar-refractivity contribution in [2.75, 3.05) is 19.8 Å². The van der Waals surface area contributed by atoms with Gasteiger partial charge in [0.05, 0.1) is 13.2 Å². The summed E-state index contributed by atoms with van der Waals surface area (Å²) in [5.41, 5.74) is 0. The molecule has 0 radical (unpaired) electrons. The highest BCUT2D eigenvalue weighted by Gasteiger charge is 2.19. The molecule has 0 aromatic heterocycles. The van der Waals surface area contributed by atoms with Crippen LogP contribution in [0.5, 0.6) is 0 Å². The summed E-state index contributed by atoms with van der Waals surface area (Å²) in [5.74, 6) is -0.607. The van der Waals surface area contributed by atoms with Gasteiger partial charge in [0, 0.05) is 13.0 Å². The molecule has 17 heavy (non-hydrogen) atoms. The normalized spacial score (nSPS) is 11.9. The highest BCUT2D eigenvalue weighted by atomic mass is 16.6. The first kappa shape index (κ1) is 15.9. The van der Waals surface area contributed by atoms with Crippen molar-refractivity contribution >= 4 is 11.9 Å². The van der Waals surface area contributed by atoms with Gasteiger partial charge in [0.1, 0.15) is 0 Å². The molecule has 100 valence electrons. The second kappa shape index (κ2) is 10.1. The Morgan fingerprint density at radius 1 is 1.00 bits per heavy atom. The largest absolute Gasteiger partial charge is 0.466 e. The molecule has 1 unspecified atom stereocenters. The Bertz CT molecular complexity index is 227. The summed E-state index contributed by atoms with van der Waals surface area (Å²) in [6.45, 7) is 6.49. The van der Waals surface area contributed by atoms with Gasteiger partial charge in [-0.25, -0.2) is 4.79 Å². The van der Waals surface area contributed by atoms with E-state index in [2.05, 4.69) is 0 Å². The highest BCUT2D eigenvalue weighted by Crippen LogP contribution is 2.08. The molecule has 0 amide bonds. The number of rotatable bonds is 9. The van der Waals surface area contributed by atoms with Crippen molar-refractivity contribution in [2.24, 2.45) is 0 Å². The van der Waals surface area contributed by atoms with Gasteiger partial charge in [-0.15, -0.1) is 0 Å². The van der Waals surface area contributed by atoms with Gasteiger partial charge < -0.3 is 14.2 Å². The Morgan fingerprint density at radius 2 is 1.65 bits per heavy atom. The molecule has 0 N–H and O–H groups in total. The Morgan fingerprint density at radius 3 is 2.18 bits per heavy atom. The minimum atomic E-state index is -0.575. The highest BCUT2D eigenvalue weighted by molar-refractivity contribution is 5.74. The lowest BCUT2D eigenvalue weighted by Crippen LogP contribution is -2.27. The van der Waals surface area contributed by atoms with Crippen molar-refractivity contribution in [1.82, 2.24) is 0 Å². The zero-order valence-electron chi connectivity index (χ0n) is 10.9. The van der Waals surface area contributed by atoms with Crippen molar-refractivity contribution in [3.63, 3.8) is 0 Å². The Kier molecular flexibility index (Phi) is 9.43. The second-order valence-electron chi connectivity index (χ2n) is 3.39. The van der Waals surface area contributed by atoms with Gasteiger partial charge in [-0.05, 0) is 33.6 Å². The van der Waals surface area contributed by atoms with Crippen molar-refractivity contribution < 1.29 is 23.8 Å². The lowest BCUT2D eigenvalue weighted by molar-refractivity contribution is -0.157. The Labute approximate surface area is 102 Å². The molecule has 0 saturated heterocycles. The Hall–Kier alpha value is -1.10. The topological polar surface area (TPSA) is 61.8 Å². The van der Waals surface area contributed by atoms with Gasteiger partial charge in [0.15, 0.2) is 6.10 Å². The molecule has 0 bridgehead atoms. The number of ether oxygens (including phenoxy) is 3. The van der Waals surface area contributed by atoms with E-state index in [1.54, 1.807) is 13.8 Å². The van der Waals surface area contributed by atoms with Gasteiger partial charge in [0.25, 0.3) is 0 Å². The van der Waals surface area contributed by atoms with Gasteiger partial charge in [-0.3, -0.25) is 4.79 Å². The Balaban J connectivity index is 3.92. The number of hydrogen-bond donors (Lipinski definition) is 0. The third-order valence-corrected chi connectivity index (χ3v) is 2.07. The zero-order valence-corrected chi connectivity index (χ0v) is 10.9. The fraction of sp³-hybridized carbons (Fsp3) is 0.833. The van der Waals surface area contributed by atoms with Crippen LogP contribution in [0.25, 0.3) is 0 Å². The van der Waals surface area contributed by atoms with Crippen LogP contribution in [0.1, 0.15) is 40.0 Å². The molecule has 5 heteroatoms. The quantitative estimate of drug-likeness (QED) is 0.579. The molecule has 0 aliphatic heterocycles. The molecule has 0 saturated carbocycles. The van der Waals surface area contributed by atoms with Gasteiger partial charge >= 0.3 is 11.9 Å². The minimum absolute atomic E-state index is 0.244. The summed E-state index contributed by atoms with van der Waals surface area (Å²) in [6, 6.07) is 0. The third-order valence-electron chi connectivity index (χ3n) is 2.07. The lowest BCUT2D eigenvalue weighted by atomic mass is 10.1. The van der Waals surface area contributed by atoms with Crippen LogP contribution >= 0.6 is 0 Å². The number of carbonyl (C=O) groups excluding carboxylic acids is 2. The standard InChI is InChI=1S/C12H22O5/c1-4-15-10(12(14)17-6-3)8-7-9-11(13)16-5-2/h10H,4-9H2,1-3H3. The summed E-state index contributed by atoms with van der Waals surface area (Å²) in [7, 11) is 0. The van der Waals surface area contributed by atoms with Crippen LogP contribution in [-0.2, 0) is 23.8 Å². The molecule has 0 aliphatic rings. The van der Waals surface area contributed by atoms with Crippen molar-refractivity contribution in [1.29, 1.82) is 0 Å². The average Bonchev–Trinajstić information content (AvgIpc) is 2.28. The maximum atomic E-state index is 11.5. The smallest absolute Gasteiger partial charge is 0.335 e. The fourth-order valence-corrected chi connectivity index (χ4v) is 1.37. The summed E-state index contributed by atoms with van der Waals surface area (Å²) >= 11 is 0. The van der Waals surface area contributed by atoms with Gasteiger partial charge in [0.2, 0.25) is 0 Å². The zero-order chi connectivity index (χ0) is 13.1. The van der Waals surface area contributed by atoms with Crippen LogP contribution in [0.15, 0.2) is 0 Å². The average molecular weight is 246 g/mol. The molecule has 0 heterocycles. The molecule has 1 atom stereocenters. The van der Waals surface area contributed by atoms with Crippen LogP contribution in [0.2, 0.25) is 0 Å². The molecular weight excluding hydrogens is 224 g/mol. The summed E-state index contributed by atoms with van der Waals surface area (Å²) in [5, 5.41) is 0. The lowest BCUT2D eigenvalue weighted by Gasteiger charge is -2.14. The second-order valence-corrected chi connectivity index (χ2v) is 3.39. The molecule has 0 spiro atoms. The summed E-state index contributed by atoms with van der Waals surface area (Å²) < 4.78 is 14.9. The maximum absolute atomic E-state index is 11.5. The van der Waals surface area contributed by atoms with E-state index in [0.29, 0.717) is 39.1 Å². The molecule has 0 aliphatic carbocycles. The van der Waals surface area contributed by atoms with Crippen LogP contribution in [0.4, 0.5) is 0 Å². The van der Waals surface area contributed by atoms with Crippen LogP contribution < -0.4 is 0 Å². The fourth-order valence-electron chi connectivity index (χ4n) is 1.37. The molecule has 0 fully saturated rings. The van der Waals surface area contributed by atoms with Crippen LogP contribution in [0.3, 0.4) is 0 Å². The van der Waals surface area contributed by atoms with E-state index in [1.165, 1.54) is 0 Å². The number of esters is 2. The maximum Gasteiger partial charge on any atom is 0.335 e. The predicted molar refractivity (Wildman–Crippen MR) is 62.5 cm³/mol.